The molecule has 1 aliphatic rings. The van der Waals surface area contributed by atoms with Gasteiger partial charge in [-0.15, -0.1) is 11.3 Å². The molecule has 0 bridgehead atoms. The Kier molecular flexibility index (Phi) is 3.35. The summed E-state index contributed by atoms with van der Waals surface area (Å²) in [6, 6.07) is 8.41. The summed E-state index contributed by atoms with van der Waals surface area (Å²) in [5, 5.41) is 12.2. The van der Waals surface area contributed by atoms with E-state index in [1.807, 2.05) is 17.5 Å². The molecule has 2 aromatic heterocycles. The summed E-state index contributed by atoms with van der Waals surface area (Å²) in [6.07, 6.45) is 4.56. The van der Waals surface area contributed by atoms with E-state index in [-0.39, 0.29) is 0 Å². The smallest absolute Gasteiger partial charge is 0.120 e. The maximum absolute atomic E-state index is 9.25. The van der Waals surface area contributed by atoms with E-state index in [1.54, 1.807) is 23.1 Å². The third-order valence-electron chi connectivity index (χ3n) is 3.08. The van der Waals surface area contributed by atoms with Gasteiger partial charge in [-0.1, -0.05) is 17.8 Å². The number of aromatic nitrogens is 1. The number of nitriles is 1. The van der Waals surface area contributed by atoms with Crippen LogP contribution in [0.5, 0.6) is 0 Å². The highest BCUT2D eigenvalue weighted by Gasteiger charge is 2.15. The van der Waals surface area contributed by atoms with Crippen molar-refractivity contribution >= 4 is 23.1 Å². The Hall–Kier alpha value is -1.31. The SMILES string of the molecule is N#Cc1cc2c(nc1Sc1cccs1)CCCC2. The Morgan fingerprint density at radius 3 is 3.00 bits per heavy atom. The average molecular weight is 272 g/mol. The van der Waals surface area contributed by atoms with Crippen molar-refractivity contribution in [1.82, 2.24) is 4.98 Å². The quantitative estimate of drug-likeness (QED) is 0.827. The molecule has 3 rings (SSSR count). The van der Waals surface area contributed by atoms with Gasteiger partial charge in [-0.05, 0) is 48.8 Å². The van der Waals surface area contributed by atoms with Gasteiger partial charge in [-0.25, -0.2) is 4.98 Å². The highest BCUT2D eigenvalue weighted by atomic mass is 32.2. The number of hydrogen-bond acceptors (Lipinski definition) is 4. The van der Waals surface area contributed by atoms with Crippen LogP contribution in [-0.4, -0.2) is 4.98 Å². The summed E-state index contributed by atoms with van der Waals surface area (Å²) in [6.45, 7) is 0. The Balaban J connectivity index is 2.00. The summed E-state index contributed by atoms with van der Waals surface area (Å²) < 4.78 is 1.19. The first-order valence-electron chi connectivity index (χ1n) is 6.01. The van der Waals surface area contributed by atoms with Crippen LogP contribution in [0.1, 0.15) is 29.7 Å². The number of rotatable bonds is 2. The molecule has 0 atom stereocenters. The number of aryl methyl sites for hydroxylation is 2. The molecule has 0 fully saturated rings. The molecule has 4 heteroatoms. The van der Waals surface area contributed by atoms with Gasteiger partial charge in [0.2, 0.25) is 0 Å². The van der Waals surface area contributed by atoms with Gasteiger partial charge in [0.05, 0.1) is 9.77 Å². The van der Waals surface area contributed by atoms with E-state index in [0.29, 0.717) is 5.56 Å². The first kappa shape index (κ1) is 11.8. The van der Waals surface area contributed by atoms with Crippen LogP contribution in [0.15, 0.2) is 32.8 Å². The van der Waals surface area contributed by atoms with Crippen LogP contribution in [0, 0.1) is 11.3 Å². The monoisotopic (exact) mass is 272 g/mol. The van der Waals surface area contributed by atoms with Crippen molar-refractivity contribution in [3.8, 4) is 6.07 Å². The summed E-state index contributed by atoms with van der Waals surface area (Å²) in [5.74, 6) is 0. The molecular formula is C14H12N2S2. The van der Waals surface area contributed by atoms with Gasteiger partial charge in [0, 0.05) is 5.69 Å². The molecular weight excluding hydrogens is 260 g/mol. The zero-order valence-corrected chi connectivity index (χ0v) is 11.5. The van der Waals surface area contributed by atoms with Gasteiger partial charge < -0.3 is 0 Å². The van der Waals surface area contributed by atoms with Crippen LogP contribution in [0.2, 0.25) is 0 Å². The molecule has 0 saturated carbocycles. The topological polar surface area (TPSA) is 36.7 Å². The van der Waals surface area contributed by atoms with Gasteiger partial charge >= 0.3 is 0 Å². The summed E-state index contributed by atoms with van der Waals surface area (Å²) >= 11 is 3.29. The predicted octanol–water partition coefficient (Wildman–Crippen LogP) is 4.04. The molecule has 0 spiro atoms. The number of pyridine rings is 1. The lowest BCUT2D eigenvalue weighted by atomic mass is 9.95. The minimum absolute atomic E-state index is 0.717. The molecule has 0 aromatic carbocycles. The first-order chi connectivity index (χ1) is 8.86. The number of hydrogen-bond donors (Lipinski definition) is 0. The molecule has 0 unspecified atom stereocenters. The Morgan fingerprint density at radius 2 is 2.22 bits per heavy atom. The van der Waals surface area contributed by atoms with Crippen molar-refractivity contribution < 1.29 is 0 Å². The second kappa shape index (κ2) is 5.13. The highest BCUT2D eigenvalue weighted by Crippen LogP contribution is 2.34. The fourth-order valence-electron chi connectivity index (χ4n) is 2.19. The Labute approximate surface area is 115 Å². The maximum atomic E-state index is 9.25. The van der Waals surface area contributed by atoms with Gasteiger partial charge in [0.1, 0.15) is 11.1 Å². The minimum atomic E-state index is 0.717. The molecule has 0 N–H and O–H groups in total. The summed E-state index contributed by atoms with van der Waals surface area (Å²) in [5.41, 5.74) is 3.18. The third-order valence-corrected chi connectivity index (χ3v) is 5.12. The van der Waals surface area contributed by atoms with Crippen LogP contribution in [0.4, 0.5) is 0 Å². The van der Waals surface area contributed by atoms with Crippen molar-refractivity contribution in [3.63, 3.8) is 0 Å². The van der Waals surface area contributed by atoms with E-state index in [2.05, 4.69) is 12.1 Å². The largest absolute Gasteiger partial charge is 0.244 e. The Bertz CT molecular complexity index is 597. The van der Waals surface area contributed by atoms with Crippen molar-refractivity contribution in [2.75, 3.05) is 0 Å². The molecule has 2 nitrogen and oxygen atoms in total. The third kappa shape index (κ3) is 2.29. The van der Waals surface area contributed by atoms with E-state index in [4.69, 9.17) is 4.98 Å². The summed E-state index contributed by atoms with van der Waals surface area (Å²) in [4.78, 5) is 4.71. The maximum Gasteiger partial charge on any atom is 0.120 e. The zero-order chi connectivity index (χ0) is 12.4. The van der Waals surface area contributed by atoms with E-state index < -0.39 is 0 Å². The predicted molar refractivity (Wildman–Crippen MR) is 74.0 cm³/mol. The van der Waals surface area contributed by atoms with Crippen LogP contribution in [0.25, 0.3) is 0 Å². The second-order valence-electron chi connectivity index (χ2n) is 4.30. The van der Waals surface area contributed by atoms with Crippen molar-refractivity contribution in [2.24, 2.45) is 0 Å². The molecule has 0 radical (unpaired) electrons. The number of fused-ring (bicyclic) bond motifs is 1. The van der Waals surface area contributed by atoms with Gasteiger partial charge in [0.15, 0.2) is 0 Å². The zero-order valence-electron chi connectivity index (χ0n) is 9.85. The second-order valence-corrected chi connectivity index (χ2v) is 6.54. The van der Waals surface area contributed by atoms with E-state index >= 15 is 0 Å². The van der Waals surface area contributed by atoms with Crippen LogP contribution < -0.4 is 0 Å². The molecule has 0 amide bonds. The molecule has 2 heterocycles. The van der Waals surface area contributed by atoms with Crippen LogP contribution in [-0.2, 0) is 12.8 Å². The lowest BCUT2D eigenvalue weighted by Crippen LogP contribution is -2.07. The Morgan fingerprint density at radius 1 is 1.33 bits per heavy atom. The average Bonchev–Trinajstić information content (AvgIpc) is 2.91. The fraction of sp³-hybridized carbons (Fsp3) is 0.286. The van der Waals surface area contributed by atoms with E-state index in [0.717, 1.165) is 17.9 Å². The van der Waals surface area contributed by atoms with Crippen LogP contribution in [0.3, 0.4) is 0 Å². The molecule has 0 saturated heterocycles. The van der Waals surface area contributed by atoms with E-state index in [1.165, 1.54) is 28.3 Å². The van der Waals surface area contributed by atoms with Gasteiger partial charge in [-0.2, -0.15) is 5.26 Å². The standard InChI is InChI=1S/C14H12N2S2/c15-9-11-8-10-4-1-2-5-12(10)16-14(11)18-13-6-3-7-17-13/h3,6-8H,1-2,4-5H2. The van der Waals surface area contributed by atoms with Crippen molar-refractivity contribution in [2.45, 2.75) is 34.9 Å². The normalized spacial score (nSPS) is 13.9. The molecule has 18 heavy (non-hydrogen) atoms. The van der Waals surface area contributed by atoms with Crippen molar-refractivity contribution in [1.29, 1.82) is 5.26 Å². The molecule has 1 aliphatic carbocycles. The highest BCUT2D eigenvalue weighted by molar-refractivity contribution is 8.01. The molecule has 90 valence electrons. The van der Waals surface area contributed by atoms with Crippen LogP contribution >= 0.6 is 23.1 Å². The first-order valence-corrected chi connectivity index (χ1v) is 7.70. The minimum Gasteiger partial charge on any atom is -0.244 e. The van der Waals surface area contributed by atoms with Crippen molar-refractivity contribution in [3.05, 3.63) is 40.4 Å². The lowest BCUT2D eigenvalue weighted by Gasteiger charge is -2.16. The summed E-state index contributed by atoms with van der Waals surface area (Å²) in [7, 11) is 0. The lowest BCUT2D eigenvalue weighted by molar-refractivity contribution is 0.660. The van der Waals surface area contributed by atoms with Gasteiger partial charge in [-0.3, -0.25) is 0 Å². The van der Waals surface area contributed by atoms with Gasteiger partial charge in [0.25, 0.3) is 0 Å². The number of nitrogens with zero attached hydrogens (tertiary/aromatic N) is 2. The van der Waals surface area contributed by atoms with E-state index in [9.17, 15) is 5.26 Å². The fourth-order valence-corrected chi connectivity index (χ4v) is 3.94. The number of thiophene rings is 1. The molecule has 0 aliphatic heterocycles. The molecule has 2 aromatic rings.